The molecule has 5 rings (SSSR count). The summed E-state index contributed by atoms with van der Waals surface area (Å²) in [6.45, 7) is 6.10. The highest BCUT2D eigenvalue weighted by molar-refractivity contribution is 7.90. The van der Waals surface area contributed by atoms with Gasteiger partial charge < -0.3 is 20.8 Å². The van der Waals surface area contributed by atoms with Crippen LogP contribution in [0, 0.1) is 18.8 Å². The van der Waals surface area contributed by atoms with Crippen LogP contribution < -0.4 is 10.6 Å². The molecule has 3 heterocycles. The normalized spacial score (nSPS) is 24.6. The fourth-order valence-corrected chi connectivity index (χ4v) is 7.55. The maximum absolute atomic E-state index is 11.9. The first-order valence-corrected chi connectivity index (χ1v) is 16.1. The van der Waals surface area contributed by atoms with Crippen LogP contribution in [0.25, 0.3) is 20.8 Å². The molecule has 2 fully saturated rings. The van der Waals surface area contributed by atoms with Crippen LogP contribution >= 0.6 is 11.3 Å². The lowest BCUT2D eigenvalue weighted by atomic mass is 10.0. The lowest BCUT2D eigenvalue weighted by Gasteiger charge is -2.31. The Labute approximate surface area is 227 Å². The van der Waals surface area contributed by atoms with Crippen LogP contribution in [0.2, 0.25) is 0 Å². The van der Waals surface area contributed by atoms with Crippen molar-refractivity contribution in [3.8, 4) is 10.6 Å². The molecule has 206 valence electrons. The van der Waals surface area contributed by atoms with Crippen LogP contribution in [-0.4, -0.2) is 68.4 Å². The maximum atomic E-state index is 11.9. The SMILES string of the molecule is CCCc1nccc2sc(-c3c(C)nc(N[C@H](C)C4CC4)nc3N[C@@]3(O)CC[C@H](CS(C)(=O)=O)[C@H]3O)nc12. The summed E-state index contributed by atoms with van der Waals surface area (Å²) in [5, 5.41) is 29.7. The van der Waals surface area contributed by atoms with Crippen LogP contribution in [0.5, 0.6) is 0 Å². The van der Waals surface area contributed by atoms with E-state index in [2.05, 4.69) is 29.5 Å². The Hall–Kier alpha value is -2.41. The van der Waals surface area contributed by atoms with E-state index in [1.54, 1.807) is 6.20 Å². The molecule has 2 aliphatic carbocycles. The number of pyridine rings is 1. The van der Waals surface area contributed by atoms with Crippen molar-refractivity contribution < 1.29 is 18.6 Å². The Kier molecular flexibility index (Phi) is 7.36. The minimum absolute atomic E-state index is 0.183. The fourth-order valence-electron chi connectivity index (χ4n) is 5.34. The highest BCUT2D eigenvalue weighted by Crippen LogP contribution is 2.42. The van der Waals surface area contributed by atoms with Crippen LogP contribution in [0.3, 0.4) is 0 Å². The number of hydrogen-bond donors (Lipinski definition) is 4. The van der Waals surface area contributed by atoms with E-state index in [1.807, 2.05) is 13.0 Å². The van der Waals surface area contributed by atoms with Crippen LogP contribution in [0.1, 0.15) is 57.3 Å². The quantitative estimate of drug-likeness (QED) is 0.271. The molecule has 2 aliphatic rings. The number of aliphatic hydroxyl groups excluding tert-OH is 1. The lowest BCUT2D eigenvalue weighted by Crippen LogP contribution is -2.48. The first kappa shape index (κ1) is 27.2. The Balaban J connectivity index is 1.55. The highest BCUT2D eigenvalue weighted by atomic mass is 32.2. The van der Waals surface area contributed by atoms with Gasteiger partial charge in [0.25, 0.3) is 0 Å². The average Bonchev–Trinajstić information content (AvgIpc) is 3.54. The average molecular weight is 561 g/mol. The van der Waals surface area contributed by atoms with Crippen LogP contribution in [0.15, 0.2) is 12.3 Å². The van der Waals surface area contributed by atoms with Gasteiger partial charge in [-0.15, -0.1) is 11.3 Å². The van der Waals surface area contributed by atoms with E-state index in [1.165, 1.54) is 24.2 Å². The zero-order valence-electron chi connectivity index (χ0n) is 22.2. The van der Waals surface area contributed by atoms with Gasteiger partial charge in [-0.3, -0.25) is 4.98 Å². The number of rotatable bonds is 10. The van der Waals surface area contributed by atoms with Crippen molar-refractivity contribution >= 4 is 43.2 Å². The molecule has 38 heavy (non-hydrogen) atoms. The van der Waals surface area contributed by atoms with Gasteiger partial charge >= 0.3 is 0 Å². The standard InChI is InChI=1S/C26H36N6O4S2/c1-5-6-18-21-19(10-12-27-18)37-24(30-21)20-15(3)29-25(28-14(2)16-7-8-16)31-23(20)32-26(34)11-9-17(22(26)33)13-38(4,35)36/h10,12,14,16-17,22,33-34H,5-9,11,13H2,1-4H3,(H2,28,29,31,32)/t14-,17-,22-,26-/m1/s1. The summed E-state index contributed by atoms with van der Waals surface area (Å²) in [5.41, 5.74) is 1.37. The summed E-state index contributed by atoms with van der Waals surface area (Å²) in [7, 11) is -3.32. The smallest absolute Gasteiger partial charge is 0.225 e. The Morgan fingerprint density at radius 1 is 1.24 bits per heavy atom. The zero-order chi connectivity index (χ0) is 27.2. The number of aromatic nitrogens is 4. The van der Waals surface area contributed by atoms with Crippen molar-refractivity contribution in [3.05, 3.63) is 23.7 Å². The van der Waals surface area contributed by atoms with Crippen LogP contribution in [-0.2, 0) is 16.3 Å². The largest absolute Gasteiger partial charge is 0.388 e. The molecule has 0 amide bonds. The van der Waals surface area contributed by atoms with Gasteiger partial charge in [0.15, 0.2) is 5.72 Å². The number of nitrogens with one attached hydrogen (secondary N) is 2. The van der Waals surface area contributed by atoms with E-state index in [0.717, 1.165) is 35.0 Å². The molecule has 0 bridgehead atoms. The molecule has 0 aromatic carbocycles. The molecule has 0 saturated heterocycles. The second-order valence-corrected chi connectivity index (χ2v) is 14.1. The molecule has 0 unspecified atom stereocenters. The molecule has 4 atom stereocenters. The van der Waals surface area contributed by atoms with Gasteiger partial charge in [-0.2, -0.15) is 4.98 Å². The maximum Gasteiger partial charge on any atom is 0.225 e. The first-order chi connectivity index (χ1) is 18.0. The Bertz CT molecular complexity index is 1440. The van der Waals surface area contributed by atoms with Crippen molar-refractivity contribution in [2.45, 2.75) is 77.2 Å². The van der Waals surface area contributed by atoms with Crippen molar-refractivity contribution in [2.24, 2.45) is 11.8 Å². The highest BCUT2D eigenvalue weighted by Gasteiger charge is 2.48. The summed E-state index contributed by atoms with van der Waals surface area (Å²) >= 11 is 1.50. The topological polar surface area (TPSA) is 150 Å². The van der Waals surface area contributed by atoms with Gasteiger partial charge in [0.1, 0.15) is 32.3 Å². The summed E-state index contributed by atoms with van der Waals surface area (Å²) < 4.78 is 24.8. The minimum Gasteiger partial charge on any atom is -0.388 e. The van der Waals surface area contributed by atoms with Gasteiger partial charge in [0, 0.05) is 24.4 Å². The van der Waals surface area contributed by atoms with E-state index in [4.69, 9.17) is 15.0 Å². The molecule has 0 aliphatic heterocycles. The Morgan fingerprint density at radius 2 is 2.00 bits per heavy atom. The predicted molar refractivity (Wildman–Crippen MR) is 150 cm³/mol. The second-order valence-electron chi connectivity index (χ2n) is 10.9. The van der Waals surface area contributed by atoms with E-state index >= 15 is 0 Å². The number of thiazole rings is 1. The van der Waals surface area contributed by atoms with Crippen molar-refractivity contribution in [2.75, 3.05) is 22.6 Å². The summed E-state index contributed by atoms with van der Waals surface area (Å²) in [6.07, 6.45) is 6.32. The monoisotopic (exact) mass is 560 g/mol. The third-order valence-corrected chi connectivity index (χ3v) is 9.62. The van der Waals surface area contributed by atoms with E-state index in [9.17, 15) is 18.6 Å². The number of hydrogen-bond acceptors (Lipinski definition) is 11. The summed E-state index contributed by atoms with van der Waals surface area (Å²) in [4.78, 5) is 18.9. The number of nitrogens with zero attached hydrogens (tertiary/aromatic N) is 4. The molecular weight excluding hydrogens is 524 g/mol. The van der Waals surface area contributed by atoms with E-state index in [0.29, 0.717) is 40.4 Å². The third-order valence-electron chi connectivity index (χ3n) is 7.54. The zero-order valence-corrected chi connectivity index (χ0v) is 23.9. The molecule has 10 nitrogen and oxygen atoms in total. The van der Waals surface area contributed by atoms with Gasteiger partial charge in [-0.05, 0) is 57.9 Å². The number of anilines is 2. The number of aliphatic hydroxyl groups is 2. The second kappa shape index (κ2) is 10.3. The molecule has 0 radical (unpaired) electrons. The lowest BCUT2D eigenvalue weighted by molar-refractivity contribution is -0.0442. The molecule has 0 spiro atoms. The summed E-state index contributed by atoms with van der Waals surface area (Å²) in [6, 6.07) is 2.15. The van der Waals surface area contributed by atoms with E-state index in [-0.39, 0.29) is 18.2 Å². The minimum atomic E-state index is -3.32. The van der Waals surface area contributed by atoms with Gasteiger partial charge in [-0.1, -0.05) is 13.3 Å². The molecule has 4 N–H and O–H groups in total. The fraction of sp³-hybridized carbons (Fsp3) is 0.615. The van der Waals surface area contributed by atoms with Gasteiger partial charge in [0.05, 0.1) is 27.4 Å². The molecule has 3 aromatic heterocycles. The number of sulfone groups is 1. The predicted octanol–water partition coefficient (Wildman–Crippen LogP) is 3.54. The number of aryl methyl sites for hydroxylation is 2. The van der Waals surface area contributed by atoms with E-state index < -0.39 is 27.6 Å². The van der Waals surface area contributed by atoms with Crippen LogP contribution in [0.4, 0.5) is 11.8 Å². The first-order valence-electron chi connectivity index (χ1n) is 13.2. The molecule has 2 saturated carbocycles. The van der Waals surface area contributed by atoms with Gasteiger partial charge in [0.2, 0.25) is 5.95 Å². The van der Waals surface area contributed by atoms with Crippen molar-refractivity contribution in [1.82, 2.24) is 19.9 Å². The summed E-state index contributed by atoms with van der Waals surface area (Å²) in [5.74, 6) is 0.609. The molecule has 12 heteroatoms. The Morgan fingerprint density at radius 3 is 2.68 bits per heavy atom. The number of fused-ring (bicyclic) bond motifs is 1. The molecular formula is C26H36N6O4S2. The van der Waals surface area contributed by atoms with Gasteiger partial charge in [-0.25, -0.2) is 18.4 Å². The van der Waals surface area contributed by atoms with Crippen molar-refractivity contribution in [1.29, 1.82) is 0 Å². The molecule has 3 aromatic rings. The third kappa shape index (κ3) is 5.63. The van der Waals surface area contributed by atoms with Crippen molar-refractivity contribution in [3.63, 3.8) is 0 Å².